The summed E-state index contributed by atoms with van der Waals surface area (Å²) in [5.41, 5.74) is 0.979. The Kier molecular flexibility index (Phi) is 6.82. The van der Waals surface area contributed by atoms with Crippen molar-refractivity contribution in [1.82, 2.24) is 15.1 Å². The lowest BCUT2D eigenvalue weighted by Gasteiger charge is -2.43. The number of ether oxygens (including phenoxy) is 1. The summed E-state index contributed by atoms with van der Waals surface area (Å²) in [6, 6.07) is 6.66. The highest BCUT2D eigenvalue weighted by Crippen LogP contribution is 2.31. The van der Waals surface area contributed by atoms with Gasteiger partial charge in [-0.3, -0.25) is 19.3 Å². The molecular formula is C27H38N4O5. The number of benzene rings is 1. The van der Waals surface area contributed by atoms with Crippen molar-refractivity contribution in [2.75, 3.05) is 44.2 Å². The number of hydrogen-bond donors (Lipinski definition) is 2. The fourth-order valence-corrected chi connectivity index (χ4v) is 5.81. The van der Waals surface area contributed by atoms with E-state index in [-0.39, 0.29) is 30.7 Å². The van der Waals surface area contributed by atoms with E-state index in [9.17, 15) is 19.5 Å². The molecule has 4 aliphatic rings. The Morgan fingerprint density at radius 3 is 2.33 bits per heavy atom. The molecule has 0 aromatic heterocycles. The molecule has 1 aromatic rings. The zero-order valence-electron chi connectivity index (χ0n) is 21.5. The number of ketones is 1. The van der Waals surface area contributed by atoms with Crippen LogP contribution in [0, 0.1) is 5.41 Å². The fraction of sp³-hybridized carbons (Fsp3) is 0.667. The van der Waals surface area contributed by atoms with Gasteiger partial charge in [-0.25, -0.2) is 0 Å². The van der Waals surface area contributed by atoms with Gasteiger partial charge < -0.3 is 25.0 Å². The van der Waals surface area contributed by atoms with Crippen molar-refractivity contribution in [1.29, 1.82) is 0 Å². The largest absolute Gasteiger partial charge is 0.388 e. The lowest BCUT2D eigenvalue weighted by Crippen LogP contribution is -2.57. The van der Waals surface area contributed by atoms with E-state index in [1.807, 2.05) is 32.9 Å². The second kappa shape index (κ2) is 9.76. The number of nitrogens with zero attached hydrogens (tertiary/aromatic N) is 3. The number of aliphatic hydroxyl groups is 1. The zero-order chi connectivity index (χ0) is 25.6. The van der Waals surface area contributed by atoms with Crippen LogP contribution in [0.4, 0.5) is 5.69 Å². The first-order chi connectivity index (χ1) is 17.1. The summed E-state index contributed by atoms with van der Waals surface area (Å²) in [6.45, 7) is 9.64. The molecule has 196 valence electrons. The van der Waals surface area contributed by atoms with E-state index in [2.05, 4.69) is 15.1 Å². The number of aliphatic hydroxyl groups excluding tert-OH is 1. The summed E-state index contributed by atoms with van der Waals surface area (Å²) in [7, 11) is 0. The number of piperazine rings is 1. The summed E-state index contributed by atoms with van der Waals surface area (Å²) >= 11 is 0. The lowest BCUT2D eigenvalue weighted by molar-refractivity contribution is -0.140. The first-order valence-electron chi connectivity index (χ1n) is 13.2. The highest BCUT2D eigenvalue weighted by molar-refractivity contribution is 5.99. The number of Topliss-reactive ketones (excluding diaryl/α,β-unsaturated/α-hetero) is 1. The van der Waals surface area contributed by atoms with E-state index in [1.165, 1.54) is 24.2 Å². The van der Waals surface area contributed by atoms with Crippen LogP contribution in [0.1, 0.15) is 50.4 Å². The normalized spacial score (nSPS) is 28.1. The summed E-state index contributed by atoms with van der Waals surface area (Å²) in [5, 5.41) is 13.2. The van der Waals surface area contributed by atoms with Crippen LogP contribution in [0.25, 0.3) is 0 Å². The smallest absolute Gasteiger partial charge is 0.251 e. The van der Waals surface area contributed by atoms with Crippen LogP contribution in [0.15, 0.2) is 24.3 Å². The zero-order valence-corrected chi connectivity index (χ0v) is 21.5. The molecule has 2 amide bonds. The molecule has 9 nitrogen and oxygen atoms in total. The molecule has 3 heterocycles. The van der Waals surface area contributed by atoms with Crippen molar-refractivity contribution in [3.8, 4) is 0 Å². The van der Waals surface area contributed by atoms with Gasteiger partial charge in [0.05, 0.1) is 6.54 Å². The number of likely N-dealkylation sites (tertiary alicyclic amines) is 1. The molecule has 5 rings (SSSR count). The van der Waals surface area contributed by atoms with Crippen molar-refractivity contribution < 1.29 is 24.2 Å². The van der Waals surface area contributed by atoms with Crippen molar-refractivity contribution in [2.45, 2.75) is 70.4 Å². The average Bonchev–Trinajstić information content (AvgIpc) is 3.36. The molecule has 1 saturated carbocycles. The first-order valence-corrected chi connectivity index (χ1v) is 13.2. The number of rotatable bonds is 5. The van der Waals surface area contributed by atoms with Gasteiger partial charge >= 0.3 is 0 Å². The molecule has 0 bridgehead atoms. The van der Waals surface area contributed by atoms with Crippen LogP contribution in [-0.4, -0.2) is 102 Å². The van der Waals surface area contributed by atoms with E-state index < -0.39 is 29.7 Å². The van der Waals surface area contributed by atoms with E-state index >= 15 is 0 Å². The molecular weight excluding hydrogens is 460 g/mol. The van der Waals surface area contributed by atoms with Gasteiger partial charge in [0, 0.05) is 43.5 Å². The number of amides is 2. The number of anilines is 1. The molecule has 36 heavy (non-hydrogen) atoms. The monoisotopic (exact) mass is 498 g/mol. The number of carbonyl (C=O) groups is 3. The standard InChI is InChI=1S/C27H38N4O5/c1-27(2,3)24(26(35)31-15-20(32)23-22(31)21(33)16-36-23)28-25(34)17-7-9-19(10-8-17)30-13-11-29(12-14-30)18-5-4-6-18/h7-10,18,20,22-24,32H,4-6,11-16H2,1-3H3,(H,28,34)/t20-,22-,23-,24?/m1/s1. The highest BCUT2D eigenvalue weighted by atomic mass is 16.5. The Balaban J connectivity index is 1.23. The van der Waals surface area contributed by atoms with Gasteiger partial charge in [0.15, 0.2) is 5.78 Å². The number of carbonyl (C=O) groups excluding carboxylic acids is 3. The summed E-state index contributed by atoms with van der Waals surface area (Å²) < 4.78 is 5.40. The van der Waals surface area contributed by atoms with E-state index in [0.717, 1.165) is 37.9 Å². The van der Waals surface area contributed by atoms with Gasteiger partial charge in [-0.05, 0) is 42.5 Å². The molecule has 1 aromatic carbocycles. The number of nitrogens with one attached hydrogen (secondary N) is 1. The van der Waals surface area contributed by atoms with Gasteiger partial charge in [-0.1, -0.05) is 27.2 Å². The van der Waals surface area contributed by atoms with Crippen molar-refractivity contribution in [3.05, 3.63) is 29.8 Å². The average molecular weight is 499 g/mol. The molecule has 2 N–H and O–H groups in total. The predicted molar refractivity (Wildman–Crippen MR) is 135 cm³/mol. The summed E-state index contributed by atoms with van der Waals surface area (Å²) in [5.74, 6) is -0.926. The minimum absolute atomic E-state index is 0.0189. The summed E-state index contributed by atoms with van der Waals surface area (Å²) in [4.78, 5) is 45.4. The molecule has 1 unspecified atom stereocenters. The Morgan fingerprint density at radius 2 is 1.75 bits per heavy atom. The molecule has 3 aliphatic heterocycles. The molecule has 4 atom stereocenters. The van der Waals surface area contributed by atoms with Gasteiger partial charge in [-0.2, -0.15) is 0 Å². The molecule has 3 saturated heterocycles. The van der Waals surface area contributed by atoms with Gasteiger partial charge in [0.1, 0.15) is 30.9 Å². The molecule has 9 heteroatoms. The van der Waals surface area contributed by atoms with Crippen molar-refractivity contribution >= 4 is 23.3 Å². The molecule has 1 aliphatic carbocycles. The van der Waals surface area contributed by atoms with Crippen LogP contribution in [-0.2, 0) is 14.3 Å². The maximum atomic E-state index is 13.5. The minimum Gasteiger partial charge on any atom is -0.388 e. The quantitative estimate of drug-likeness (QED) is 0.626. The third kappa shape index (κ3) is 4.76. The van der Waals surface area contributed by atoms with Gasteiger partial charge in [0.25, 0.3) is 5.91 Å². The molecule has 0 spiro atoms. The van der Waals surface area contributed by atoms with Gasteiger partial charge in [-0.15, -0.1) is 0 Å². The van der Waals surface area contributed by atoms with E-state index in [1.54, 1.807) is 12.1 Å². The predicted octanol–water partition coefficient (Wildman–Crippen LogP) is 1.05. The summed E-state index contributed by atoms with van der Waals surface area (Å²) in [6.07, 6.45) is 2.39. The minimum atomic E-state index is -0.912. The highest BCUT2D eigenvalue weighted by Gasteiger charge is 2.53. The SMILES string of the molecule is CC(C)(C)C(NC(=O)c1ccc(N2CCN(C3CCC3)CC2)cc1)C(=O)N1C[C@@H](O)[C@H]2OCC(=O)[C@H]21. The lowest BCUT2D eigenvalue weighted by atomic mass is 9.85. The maximum absolute atomic E-state index is 13.5. The number of β-amino-alcohol motifs (C(OH)–C–C–N with tert-alkyl or cyclic N) is 1. The fourth-order valence-electron chi connectivity index (χ4n) is 5.81. The van der Waals surface area contributed by atoms with Crippen molar-refractivity contribution in [2.24, 2.45) is 5.41 Å². The van der Waals surface area contributed by atoms with E-state index in [4.69, 9.17) is 4.74 Å². The topological polar surface area (TPSA) is 102 Å². The third-order valence-electron chi connectivity index (χ3n) is 8.23. The van der Waals surface area contributed by atoms with Crippen LogP contribution in [0.5, 0.6) is 0 Å². The molecule has 4 fully saturated rings. The van der Waals surface area contributed by atoms with Crippen LogP contribution in [0.3, 0.4) is 0 Å². The number of fused-ring (bicyclic) bond motifs is 1. The van der Waals surface area contributed by atoms with Crippen molar-refractivity contribution in [3.63, 3.8) is 0 Å². The Labute approximate surface area is 212 Å². The Bertz CT molecular complexity index is 994. The third-order valence-corrected chi connectivity index (χ3v) is 8.23. The van der Waals surface area contributed by atoms with Crippen LogP contribution >= 0.6 is 0 Å². The second-order valence-electron chi connectivity index (χ2n) is 11.7. The van der Waals surface area contributed by atoms with E-state index in [0.29, 0.717) is 5.56 Å². The van der Waals surface area contributed by atoms with Crippen LogP contribution in [0.2, 0.25) is 0 Å². The van der Waals surface area contributed by atoms with Crippen LogP contribution < -0.4 is 10.2 Å². The Hall–Kier alpha value is -2.49. The first kappa shape index (κ1) is 25.2. The number of hydrogen-bond acceptors (Lipinski definition) is 7. The maximum Gasteiger partial charge on any atom is 0.251 e. The Morgan fingerprint density at radius 1 is 1.08 bits per heavy atom. The second-order valence-corrected chi connectivity index (χ2v) is 11.7. The van der Waals surface area contributed by atoms with Gasteiger partial charge in [0.2, 0.25) is 5.91 Å². The molecule has 0 radical (unpaired) electrons.